The molecule has 4 nitrogen and oxygen atoms in total. The van der Waals surface area contributed by atoms with Crippen LogP contribution in [0.15, 0.2) is 8.80 Å². The Hall–Kier alpha value is -0.710. The van der Waals surface area contributed by atoms with Gasteiger partial charge in [0.15, 0.2) is 5.84 Å². The van der Waals surface area contributed by atoms with Crippen molar-refractivity contribution in [3.05, 3.63) is 0 Å². The maximum absolute atomic E-state index is 10.6. The molecular weight excluding hydrogens is 162 g/mol. The highest BCUT2D eigenvalue weighted by molar-refractivity contribution is 7.83. The highest BCUT2D eigenvalue weighted by Crippen LogP contribution is 1.93. The van der Waals surface area contributed by atoms with Crippen molar-refractivity contribution in [3.8, 4) is 0 Å². The lowest BCUT2D eigenvalue weighted by Crippen LogP contribution is -2.23. The summed E-state index contributed by atoms with van der Waals surface area (Å²) in [5.41, 5.74) is 0. The Bertz CT molecular complexity index is 212. The summed E-state index contributed by atoms with van der Waals surface area (Å²) >= 11 is -1.36. The Balaban J connectivity index is 2.23. The van der Waals surface area contributed by atoms with Crippen LogP contribution in [0.3, 0.4) is 0 Å². The molecule has 1 heterocycles. The summed E-state index contributed by atoms with van der Waals surface area (Å²) in [5.74, 6) is 0.636. The average Bonchev–Trinajstić information content (AvgIpc) is 2.37. The minimum atomic E-state index is -1.36. The molecule has 1 rings (SSSR count). The maximum atomic E-state index is 10.6. The summed E-state index contributed by atoms with van der Waals surface area (Å²) in [6.45, 7) is 2.99. The first kappa shape index (κ1) is 8.39. The van der Waals surface area contributed by atoms with Gasteiger partial charge in [-0.05, 0) is 6.42 Å². The van der Waals surface area contributed by atoms with E-state index in [1.165, 1.54) is 6.21 Å². The first-order valence-corrected chi connectivity index (χ1v) is 4.68. The van der Waals surface area contributed by atoms with E-state index in [1.54, 1.807) is 0 Å². The number of nitrogens with one attached hydrogen (secondary N) is 1. The first-order valence-electron chi connectivity index (χ1n) is 3.61. The lowest BCUT2D eigenvalue weighted by Gasteiger charge is -1.98. The SMILES string of the molecule is CCCCNC1=NS(=O)N=C1. The largest absolute Gasteiger partial charge is 0.368 e. The van der Waals surface area contributed by atoms with E-state index in [2.05, 4.69) is 21.0 Å². The molecule has 0 aliphatic carbocycles. The van der Waals surface area contributed by atoms with Gasteiger partial charge in [-0.1, -0.05) is 13.3 Å². The summed E-state index contributed by atoms with van der Waals surface area (Å²) in [6, 6.07) is 0. The molecule has 11 heavy (non-hydrogen) atoms. The highest BCUT2D eigenvalue weighted by atomic mass is 32.2. The minimum absolute atomic E-state index is 0.636. The molecule has 1 atom stereocenters. The van der Waals surface area contributed by atoms with Gasteiger partial charge in [0.1, 0.15) is 0 Å². The van der Waals surface area contributed by atoms with Crippen molar-refractivity contribution < 1.29 is 4.21 Å². The van der Waals surface area contributed by atoms with E-state index in [0.717, 1.165) is 19.4 Å². The van der Waals surface area contributed by atoms with Gasteiger partial charge in [-0.15, -0.1) is 4.40 Å². The quantitative estimate of drug-likeness (QED) is 0.629. The molecule has 0 aromatic heterocycles. The van der Waals surface area contributed by atoms with Crippen molar-refractivity contribution in [3.63, 3.8) is 0 Å². The maximum Gasteiger partial charge on any atom is 0.267 e. The molecule has 1 unspecified atom stereocenters. The monoisotopic (exact) mass is 173 g/mol. The van der Waals surface area contributed by atoms with Crippen LogP contribution in [-0.4, -0.2) is 22.8 Å². The number of unbranched alkanes of at least 4 members (excludes halogenated alkanes) is 1. The Morgan fingerprint density at radius 3 is 3.09 bits per heavy atom. The van der Waals surface area contributed by atoms with E-state index < -0.39 is 11.2 Å². The summed E-state index contributed by atoms with van der Waals surface area (Å²) in [4.78, 5) is 0. The number of nitrogens with zero attached hydrogens (tertiary/aromatic N) is 2. The van der Waals surface area contributed by atoms with Crippen molar-refractivity contribution in [1.29, 1.82) is 0 Å². The Morgan fingerprint density at radius 1 is 1.73 bits per heavy atom. The Labute approximate surface area is 68.5 Å². The van der Waals surface area contributed by atoms with E-state index >= 15 is 0 Å². The predicted octanol–water partition coefficient (Wildman–Crippen LogP) is 0.438. The minimum Gasteiger partial charge on any atom is -0.368 e. The molecule has 5 heteroatoms. The Morgan fingerprint density at radius 2 is 2.55 bits per heavy atom. The van der Waals surface area contributed by atoms with Crippen molar-refractivity contribution in [2.75, 3.05) is 6.54 Å². The second-order valence-corrected chi connectivity index (χ2v) is 3.08. The van der Waals surface area contributed by atoms with E-state index in [1.807, 2.05) is 0 Å². The third kappa shape index (κ3) is 2.80. The van der Waals surface area contributed by atoms with Crippen LogP contribution in [-0.2, 0) is 11.2 Å². The van der Waals surface area contributed by atoms with Crippen LogP contribution in [0.2, 0.25) is 0 Å². The topological polar surface area (TPSA) is 53.8 Å². The predicted molar refractivity (Wildman–Crippen MR) is 47.0 cm³/mol. The molecule has 0 aromatic carbocycles. The molecule has 0 radical (unpaired) electrons. The molecule has 0 saturated heterocycles. The smallest absolute Gasteiger partial charge is 0.267 e. The van der Waals surface area contributed by atoms with E-state index in [9.17, 15) is 4.21 Å². The van der Waals surface area contributed by atoms with Gasteiger partial charge in [0.2, 0.25) is 0 Å². The lowest BCUT2D eigenvalue weighted by atomic mass is 10.3. The second kappa shape index (κ2) is 4.23. The van der Waals surface area contributed by atoms with Crippen molar-refractivity contribution in [2.24, 2.45) is 8.80 Å². The Kier molecular flexibility index (Phi) is 3.22. The van der Waals surface area contributed by atoms with E-state index in [-0.39, 0.29) is 0 Å². The van der Waals surface area contributed by atoms with Crippen LogP contribution >= 0.6 is 0 Å². The van der Waals surface area contributed by atoms with Gasteiger partial charge in [-0.3, -0.25) is 0 Å². The van der Waals surface area contributed by atoms with Crippen LogP contribution in [0, 0.1) is 0 Å². The van der Waals surface area contributed by atoms with E-state index in [0.29, 0.717) is 5.84 Å². The molecule has 62 valence electrons. The third-order valence-corrected chi connectivity index (χ3v) is 1.92. The van der Waals surface area contributed by atoms with Gasteiger partial charge in [-0.2, -0.15) is 4.40 Å². The zero-order valence-electron chi connectivity index (χ0n) is 6.41. The summed E-state index contributed by atoms with van der Waals surface area (Å²) < 4.78 is 17.9. The van der Waals surface area contributed by atoms with Gasteiger partial charge in [-0.25, -0.2) is 4.21 Å². The van der Waals surface area contributed by atoms with Crippen LogP contribution in [0.25, 0.3) is 0 Å². The molecule has 0 amide bonds. The third-order valence-electron chi connectivity index (χ3n) is 1.28. The van der Waals surface area contributed by atoms with Crippen molar-refractivity contribution in [1.82, 2.24) is 5.32 Å². The first-order chi connectivity index (χ1) is 5.33. The van der Waals surface area contributed by atoms with Gasteiger partial charge in [0, 0.05) is 6.54 Å². The standard InChI is InChI=1S/C6H11N3OS/c1-2-3-4-7-6-5-8-11(10)9-6/h5H,2-4H2,1H3,(H,7,9). The van der Waals surface area contributed by atoms with Crippen LogP contribution in [0.5, 0.6) is 0 Å². The van der Waals surface area contributed by atoms with Crippen LogP contribution in [0.4, 0.5) is 0 Å². The number of rotatable bonds is 3. The lowest BCUT2D eigenvalue weighted by molar-refractivity contribution is 0.686. The molecule has 0 fully saturated rings. The fourth-order valence-corrected chi connectivity index (χ4v) is 1.21. The number of hydrogen-bond donors (Lipinski definition) is 1. The number of hydrogen-bond acceptors (Lipinski definition) is 2. The zero-order chi connectivity index (χ0) is 8.10. The van der Waals surface area contributed by atoms with Gasteiger partial charge in [0.25, 0.3) is 11.2 Å². The number of amidine groups is 1. The fraction of sp³-hybridized carbons (Fsp3) is 0.667. The molecule has 1 aliphatic rings. The average molecular weight is 173 g/mol. The fourth-order valence-electron chi connectivity index (χ4n) is 0.697. The second-order valence-electron chi connectivity index (χ2n) is 2.22. The molecule has 0 bridgehead atoms. The van der Waals surface area contributed by atoms with Gasteiger partial charge < -0.3 is 5.32 Å². The summed E-state index contributed by atoms with van der Waals surface area (Å²) in [5, 5.41) is 3.02. The van der Waals surface area contributed by atoms with Crippen LogP contribution < -0.4 is 5.32 Å². The molecule has 1 N–H and O–H groups in total. The normalized spacial score (nSPS) is 21.9. The molecule has 0 saturated carbocycles. The van der Waals surface area contributed by atoms with Crippen molar-refractivity contribution in [2.45, 2.75) is 19.8 Å². The van der Waals surface area contributed by atoms with Gasteiger partial charge >= 0.3 is 0 Å². The van der Waals surface area contributed by atoms with Crippen molar-refractivity contribution >= 4 is 23.2 Å². The highest BCUT2D eigenvalue weighted by Gasteiger charge is 2.04. The molecule has 0 aromatic rings. The molecule has 1 aliphatic heterocycles. The molecular formula is C6H11N3OS. The van der Waals surface area contributed by atoms with Gasteiger partial charge in [0.05, 0.1) is 6.21 Å². The van der Waals surface area contributed by atoms with E-state index in [4.69, 9.17) is 0 Å². The summed E-state index contributed by atoms with van der Waals surface area (Å²) in [7, 11) is 0. The zero-order valence-corrected chi connectivity index (χ0v) is 7.23. The van der Waals surface area contributed by atoms with Crippen LogP contribution in [0.1, 0.15) is 19.8 Å². The molecule has 0 spiro atoms. The summed E-state index contributed by atoms with van der Waals surface area (Å²) in [6.07, 6.45) is 3.74.